The first kappa shape index (κ1) is 16.1. The van der Waals surface area contributed by atoms with E-state index in [0.717, 1.165) is 30.3 Å². The van der Waals surface area contributed by atoms with Gasteiger partial charge in [0.25, 0.3) is 0 Å². The zero-order valence-corrected chi connectivity index (χ0v) is 15.5. The van der Waals surface area contributed by atoms with Crippen molar-refractivity contribution in [2.45, 2.75) is 44.9 Å². The fourth-order valence-corrected chi connectivity index (χ4v) is 4.99. The second-order valence-corrected chi connectivity index (χ2v) is 8.10. The molecule has 5 rings (SSSR count). The van der Waals surface area contributed by atoms with Gasteiger partial charge in [-0.05, 0) is 57.2 Å². The van der Waals surface area contributed by atoms with E-state index in [9.17, 15) is 0 Å². The van der Waals surface area contributed by atoms with Gasteiger partial charge in [-0.2, -0.15) is 5.10 Å². The lowest BCUT2D eigenvalue weighted by molar-refractivity contribution is 0.190. The van der Waals surface area contributed by atoms with E-state index in [-0.39, 0.29) is 6.29 Å². The predicted octanol–water partition coefficient (Wildman–Crippen LogP) is 1.97. The molecule has 0 bridgehead atoms. The second-order valence-electron chi connectivity index (χ2n) is 8.10. The molecule has 3 aliphatic rings. The van der Waals surface area contributed by atoms with Crippen LogP contribution in [0.25, 0.3) is 0 Å². The number of H-pyrrole nitrogens is 1. The maximum absolute atomic E-state index is 4.92. The molecule has 2 aliphatic heterocycles. The Morgan fingerprint density at radius 1 is 1.35 bits per heavy atom. The molecule has 1 saturated carbocycles. The van der Waals surface area contributed by atoms with Crippen LogP contribution in [0.1, 0.15) is 37.1 Å². The normalized spacial score (nSPS) is 31.2. The Morgan fingerprint density at radius 3 is 3.04 bits per heavy atom. The van der Waals surface area contributed by atoms with Crippen LogP contribution in [0.3, 0.4) is 0 Å². The number of hydrogen-bond acceptors (Lipinski definition) is 5. The number of aliphatic imine (C=N–C) groups is 1. The van der Waals surface area contributed by atoms with Crippen LogP contribution in [0.15, 0.2) is 29.4 Å². The third-order valence-corrected chi connectivity index (χ3v) is 6.38. The summed E-state index contributed by atoms with van der Waals surface area (Å²) in [5.74, 6) is 0.919. The Bertz CT molecular complexity index is 821. The molecule has 2 fully saturated rings. The Kier molecular flexibility index (Phi) is 3.68. The first-order valence-corrected chi connectivity index (χ1v) is 9.61. The van der Waals surface area contributed by atoms with E-state index < -0.39 is 0 Å². The summed E-state index contributed by atoms with van der Waals surface area (Å²) in [4.78, 5) is 7.45. The molecule has 2 N–H and O–H groups in total. The van der Waals surface area contributed by atoms with Crippen molar-refractivity contribution in [2.75, 3.05) is 25.1 Å². The van der Waals surface area contributed by atoms with E-state index in [2.05, 4.69) is 61.5 Å². The molecule has 3 atom stereocenters. The number of nitrogens with zero attached hydrogens (tertiary/aromatic N) is 5. The Labute approximate surface area is 154 Å². The molecule has 1 saturated heterocycles. The minimum absolute atomic E-state index is 0.0365. The highest BCUT2D eigenvalue weighted by Crippen LogP contribution is 2.46. The monoisotopic (exact) mass is 353 g/mol. The highest BCUT2D eigenvalue weighted by atomic mass is 15.7. The number of anilines is 1. The van der Waals surface area contributed by atoms with Gasteiger partial charge in [-0.25, -0.2) is 10.0 Å². The average molecular weight is 353 g/mol. The topological polar surface area (TPSA) is 64.5 Å². The SMILES string of the molecule is CNC1CCC2(CCN(C3N=Cc4cccn4N3c3cc(C)[nH]n3)C2)C1. The lowest BCUT2D eigenvalue weighted by Gasteiger charge is -2.39. The van der Waals surface area contributed by atoms with Crippen molar-refractivity contribution in [3.8, 4) is 0 Å². The summed E-state index contributed by atoms with van der Waals surface area (Å²) in [7, 11) is 2.09. The smallest absolute Gasteiger partial charge is 0.198 e. The molecule has 0 aromatic carbocycles. The summed E-state index contributed by atoms with van der Waals surface area (Å²) >= 11 is 0. The van der Waals surface area contributed by atoms with Crippen LogP contribution in [0, 0.1) is 12.3 Å². The lowest BCUT2D eigenvalue weighted by atomic mass is 9.85. The van der Waals surface area contributed by atoms with Crippen LogP contribution in [0.2, 0.25) is 0 Å². The molecule has 0 amide bonds. The Hall–Kier alpha value is -2.12. The Balaban J connectivity index is 1.44. The number of aryl methyl sites for hydroxylation is 1. The van der Waals surface area contributed by atoms with Gasteiger partial charge in [0, 0.05) is 37.1 Å². The summed E-state index contributed by atoms with van der Waals surface area (Å²) in [6, 6.07) is 6.92. The maximum Gasteiger partial charge on any atom is 0.198 e. The van der Waals surface area contributed by atoms with Gasteiger partial charge in [0.15, 0.2) is 12.1 Å². The van der Waals surface area contributed by atoms with Crippen molar-refractivity contribution >= 4 is 12.0 Å². The van der Waals surface area contributed by atoms with Crippen LogP contribution in [0.4, 0.5) is 5.82 Å². The van der Waals surface area contributed by atoms with Crippen LogP contribution < -0.4 is 10.3 Å². The van der Waals surface area contributed by atoms with Gasteiger partial charge in [-0.3, -0.25) is 14.7 Å². The fourth-order valence-electron chi connectivity index (χ4n) is 4.99. The minimum Gasteiger partial charge on any atom is -0.317 e. The van der Waals surface area contributed by atoms with Gasteiger partial charge in [0.1, 0.15) is 0 Å². The van der Waals surface area contributed by atoms with Gasteiger partial charge in [-0.15, -0.1) is 0 Å². The van der Waals surface area contributed by atoms with Crippen molar-refractivity contribution in [3.63, 3.8) is 0 Å². The molecule has 138 valence electrons. The number of hydrogen-bond donors (Lipinski definition) is 2. The average Bonchev–Trinajstić information content (AvgIpc) is 3.42. The van der Waals surface area contributed by atoms with E-state index in [4.69, 9.17) is 4.99 Å². The van der Waals surface area contributed by atoms with Crippen LogP contribution in [-0.4, -0.2) is 58.5 Å². The number of likely N-dealkylation sites (tertiary alicyclic amines) is 1. The van der Waals surface area contributed by atoms with Crippen molar-refractivity contribution < 1.29 is 0 Å². The molecule has 3 unspecified atom stereocenters. The molecular weight excluding hydrogens is 326 g/mol. The zero-order valence-electron chi connectivity index (χ0n) is 15.5. The summed E-state index contributed by atoms with van der Waals surface area (Å²) in [5.41, 5.74) is 2.60. The first-order valence-electron chi connectivity index (χ1n) is 9.61. The first-order chi connectivity index (χ1) is 12.7. The molecule has 4 heterocycles. The molecule has 7 nitrogen and oxygen atoms in total. The summed E-state index contributed by atoms with van der Waals surface area (Å²) in [5, 5.41) is 13.3. The highest BCUT2D eigenvalue weighted by molar-refractivity contribution is 5.79. The van der Waals surface area contributed by atoms with Gasteiger partial charge >= 0.3 is 0 Å². The Morgan fingerprint density at radius 2 is 2.27 bits per heavy atom. The molecule has 26 heavy (non-hydrogen) atoms. The van der Waals surface area contributed by atoms with Crippen molar-refractivity contribution in [2.24, 2.45) is 10.4 Å². The van der Waals surface area contributed by atoms with Crippen LogP contribution in [-0.2, 0) is 0 Å². The van der Waals surface area contributed by atoms with Gasteiger partial charge in [0.2, 0.25) is 0 Å². The third kappa shape index (κ3) is 2.49. The summed E-state index contributed by atoms with van der Waals surface area (Å²) in [6.07, 6.45) is 9.22. The molecule has 1 aliphatic carbocycles. The number of nitrogens with one attached hydrogen (secondary N) is 2. The third-order valence-electron chi connectivity index (χ3n) is 6.38. The van der Waals surface area contributed by atoms with Crippen LogP contribution in [0.5, 0.6) is 0 Å². The standard InChI is InChI=1S/C19H27N7/c1-14-10-17(23-22-14)26-18(21-12-16-4-3-8-25(16)26)24-9-7-19(13-24)6-5-15(11-19)20-2/h3-4,8,10,12,15,18,20H,5-7,9,11,13H2,1-2H3,(H,22,23). The van der Waals surface area contributed by atoms with Gasteiger partial charge < -0.3 is 5.32 Å². The maximum atomic E-state index is 4.92. The van der Waals surface area contributed by atoms with E-state index in [1.165, 1.54) is 25.7 Å². The summed E-state index contributed by atoms with van der Waals surface area (Å²) in [6.45, 7) is 4.25. The van der Waals surface area contributed by atoms with Crippen molar-refractivity contribution in [1.82, 2.24) is 25.1 Å². The van der Waals surface area contributed by atoms with E-state index >= 15 is 0 Å². The minimum atomic E-state index is -0.0365. The van der Waals surface area contributed by atoms with Crippen molar-refractivity contribution in [1.29, 1.82) is 0 Å². The number of aromatic nitrogens is 3. The predicted molar refractivity (Wildman–Crippen MR) is 102 cm³/mol. The molecular formula is C19H27N7. The van der Waals surface area contributed by atoms with Crippen LogP contribution >= 0.6 is 0 Å². The zero-order chi connectivity index (χ0) is 17.7. The largest absolute Gasteiger partial charge is 0.317 e. The lowest BCUT2D eigenvalue weighted by Crippen LogP contribution is -2.52. The van der Waals surface area contributed by atoms with Gasteiger partial charge in [0.05, 0.1) is 11.9 Å². The van der Waals surface area contributed by atoms with Crippen molar-refractivity contribution in [3.05, 3.63) is 35.8 Å². The molecule has 2 aromatic rings. The highest BCUT2D eigenvalue weighted by Gasteiger charge is 2.46. The molecule has 7 heteroatoms. The fraction of sp³-hybridized carbons (Fsp3) is 0.579. The van der Waals surface area contributed by atoms with E-state index in [0.29, 0.717) is 11.5 Å². The molecule has 1 spiro atoms. The molecule has 0 radical (unpaired) electrons. The number of aromatic amines is 1. The van der Waals surface area contributed by atoms with E-state index in [1.807, 2.05) is 13.1 Å². The quantitative estimate of drug-likeness (QED) is 0.886. The van der Waals surface area contributed by atoms with Gasteiger partial charge in [-0.1, -0.05) is 0 Å². The summed E-state index contributed by atoms with van der Waals surface area (Å²) < 4.78 is 2.17. The number of rotatable bonds is 3. The molecule has 2 aromatic heterocycles. The second kappa shape index (κ2) is 5.96. The van der Waals surface area contributed by atoms with E-state index in [1.54, 1.807) is 0 Å². The number of fused-ring (bicyclic) bond motifs is 1.